The van der Waals surface area contributed by atoms with E-state index in [1.807, 2.05) is 6.07 Å². The monoisotopic (exact) mass is 268 g/mol. The molecule has 0 aromatic heterocycles. The summed E-state index contributed by atoms with van der Waals surface area (Å²) in [5.41, 5.74) is 0. The summed E-state index contributed by atoms with van der Waals surface area (Å²) in [5.74, 6) is 2.66. The molecule has 0 N–H and O–H groups in total. The van der Waals surface area contributed by atoms with Crippen molar-refractivity contribution < 1.29 is 8.42 Å². The molecule has 4 saturated carbocycles. The number of sulfonamides is 1. The van der Waals surface area contributed by atoms with E-state index in [0.717, 1.165) is 11.8 Å². The molecule has 100 valence electrons. The zero-order chi connectivity index (χ0) is 12.9. The van der Waals surface area contributed by atoms with Gasteiger partial charge in [-0.3, -0.25) is 0 Å². The lowest BCUT2D eigenvalue weighted by Crippen LogP contribution is -2.57. The molecule has 4 aliphatic rings. The van der Waals surface area contributed by atoms with Gasteiger partial charge in [0.15, 0.2) is 0 Å². The lowest BCUT2D eigenvalue weighted by atomic mass is 9.54. The van der Waals surface area contributed by atoms with Crippen LogP contribution in [0.5, 0.6) is 0 Å². The Kier molecular flexibility index (Phi) is 2.91. The molecule has 0 atom stereocenters. The van der Waals surface area contributed by atoms with Gasteiger partial charge >= 0.3 is 0 Å². The van der Waals surface area contributed by atoms with Gasteiger partial charge in [0.25, 0.3) is 0 Å². The summed E-state index contributed by atoms with van der Waals surface area (Å²) in [7, 11) is -3.26. The highest BCUT2D eigenvalue weighted by atomic mass is 32.2. The quantitative estimate of drug-likeness (QED) is 0.730. The fraction of sp³-hybridized carbons (Fsp3) is 0.923. The minimum Gasteiger partial charge on any atom is -0.212 e. The number of nitriles is 1. The molecule has 4 rings (SSSR count). The van der Waals surface area contributed by atoms with E-state index >= 15 is 0 Å². The highest BCUT2D eigenvalue weighted by Crippen LogP contribution is 2.55. The summed E-state index contributed by atoms with van der Waals surface area (Å²) in [6.07, 6.45) is 7.31. The van der Waals surface area contributed by atoms with Crippen LogP contribution in [-0.4, -0.2) is 31.6 Å². The molecule has 0 amide bonds. The second kappa shape index (κ2) is 4.21. The molecule has 4 nitrogen and oxygen atoms in total. The van der Waals surface area contributed by atoms with Crippen molar-refractivity contribution in [2.24, 2.45) is 23.7 Å². The number of rotatable bonds is 3. The second-order valence-electron chi connectivity index (χ2n) is 6.39. The van der Waals surface area contributed by atoms with Crippen LogP contribution in [0.25, 0.3) is 0 Å². The Hall–Kier alpha value is -0.600. The first-order valence-electron chi connectivity index (χ1n) is 6.82. The topological polar surface area (TPSA) is 61.2 Å². The maximum atomic E-state index is 11.9. The minimum absolute atomic E-state index is 0.0197. The smallest absolute Gasteiger partial charge is 0.212 e. The maximum Gasteiger partial charge on any atom is 0.212 e. The van der Waals surface area contributed by atoms with E-state index in [0.29, 0.717) is 11.8 Å². The van der Waals surface area contributed by atoms with Crippen LogP contribution in [0.15, 0.2) is 0 Å². The molecule has 4 aliphatic carbocycles. The van der Waals surface area contributed by atoms with E-state index in [2.05, 4.69) is 0 Å². The molecule has 0 spiro atoms. The van der Waals surface area contributed by atoms with Crippen LogP contribution >= 0.6 is 0 Å². The predicted octanol–water partition coefficient (Wildman–Crippen LogP) is 1.60. The van der Waals surface area contributed by atoms with E-state index in [9.17, 15) is 8.42 Å². The molecule has 18 heavy (non-hydrogen) atoms. The Labute approximate surface area is 109 Å². The molecule has 0 saturated heterocycles. The van der Waals surface area contributed by atoms with Gasteiger partial charge < -0.3 is 0 Å². The first-order valence-corrected chi connectivity index (χ1v) is 8.67. The van der Waals surface area contributed by atoms with Gasteiger partial charge in [0.2, 0.25) is 10.0 Å². The van der Waals surface area contributed by atoms with Gasteiger partial charge in [-0.2, -0.15) is 9.57 Å². The average molecular weight is 268 g/mol. The fourth-order valence-corrected chi connectivity index (χ4v) is 5.96. The Morgan fingerprint density at radius 3 is 2.00 bits per heavy atom. The minimum atomic E-state index is -3.26. The zero-order valence-electron chi connectivity index (χ0n) is 10.7. The van der Waals surface area contributed by atoms with Crippen molar-refractivity contribution in [3.8, 4) is 6.07 Å². The molecule has 0 heterocycles. The standard InChI is InChI=1S/C13H20N2O2S/c1-18(16,17)15(3-2-14)13-11-5-9-4-10(7-11)8-12(13)6-9/h9-13H,3-8H2,1H3. The third-order valence-electron chi connectivity index (χ3n) is 5.16. The van der Waals surface area contributed by atoms with Crippen LogP contribution in [0.2, 0.25) is 0 Å². The van der Waals surface area contributed by atoms with Crippen molar-refractivity contribution in [3.05, 3.63) is 0 Å². The molecule has 0 unspecified atom stereocenters. The lowest BCUT2D eigenvalue weighted by molar-refractivity contribution is -0.0376. The van der Waals surface area contributed by atoms with Gasteiger partial charge in [-0.25, -0.2) is 8.42 Å². The first-order chi connectivity index (χ1) is 8.49. The van der Waals surface area contributed by atoms with Crippen molar-refractivity contribution in [1.82, 2.24) is 4.31 Å². The molecule has 0 aromatic carbocycles. The molecule has 0 aliphatic heterocycles. The summed E-state index contributed by atoms with van der Waals surface area (Å²) in [4.78, 5) is 0. The Morgan fingerprint density at radius 2 is 1.61 bits per heavy atom. The largest absolute Gasteiger partial charge is 0.212 e. The zero-order valence-corrected chi connectivity index (χ0v) is 11.6. The SMILES string of the molecule is CS(=O)(=O)N(CC#N)C1C2CC3CC(C2)CC1C3. The molecule has 4 bridgehead atoms. The van der Waals surface area contributed by atoms with E-state index in [4.69, 9.17) is 5.26 Å². The van der Waals surface area contributed by atoms with Crippen LogP contribution in [-0.2, 0) is 10.0 Å². The van der Waals surface area contributed by atoms with Gasteiger partial charge in [-0.05, 0) is 55.8 Å². The van der Waals surface area contributed by atoms with Crippen molar-refractivity contribution >= 4 is 10.0 Å². The van der Waals surface area contributed by atoms with Crippen LogP contribution < -0.4 is 0 Å². The van der Waals surface area contributed by atoms with Crippen molar-refractivity contribution in [1.29, 1.82) is 5.26 Å². The van der Waals surface area contributed by atoms with E-state index in [1.165, 1.54) is 42.7 Å². The van der Waals surface area contributed by atoms with Crippen molar-refractivity contribution in [2.45, 2.75) is 38.1 Å². The molecular formula is C13H20N2O2S. The Balaban J connectivity index is 1.89. The van der Waals surface area contributed by atoms with Crippen molar-refractivity contribution in [2.75, 3.05) is 12.8 Å². The van der Waals surface area contributed by atoms with Gasteiger partial charge in [-0.15, -0.1) is 0 Å². The highest BCUT2D eigenvalue weighted by molar-refractivity contribution is 7.88. The number of hydrogen-bond acceptors (Lipinski definition) is 3. The summed E-state index contributed by atoms with van der Waals surface area (Å²) in [5, 5.41) is 8.90. The average Bonchev–Trinajstić information content (AvgIpc) is 2.24. The highest BCUT2D eigenvalue weighted by Gasteiger charge is 2.51. The summed E-state index contributed by atoms with van der Waals surface area (Å²) < 4.78 is 25.3. The van der Waals surface area contributed by atoms with E-state index < -0.39 is 10.0 Å². The van der Waals surface area contributed by atoms with Crippen LogP contribution in [0.3, 0.4) is 0 Å². The lowest BCUT2D eigenvalue weighted by Gasteiger charge is -2.56. The second-order valence-corrected chi connectivity index (χ2v) is 8.32. The summed E-state index contributed by atoms with van der Waals surface area (Å²) in [6, 6.07) is 2.13. The van der Waals surface area contributed by atoms with Gasteiger partial charge in [0.1, 0.15) is 6.54 Å². The summed E-state index contributed by atoms with van der Waals surface area (Å²) >= 11 is 0. The molecule has 0 radical (unpaired) electrons. The van der Waals surface area contributed by atoms with E-state index in [1.54, 1.807) is 0 Å². The van der Waals surface area contributed by atoms with Crippen LogP contribution in [0.4, 0.5) is 0 Å². The van der Waals surface area contributed by atoms with Gasteiger partial charge in [0.05, 0.1) is 12.3 Å². The van der Waals surface area contributed by atoms with E-state index in [-0.39, 0.29) is 12.6 Å². The Bertz CT molecular complexity index is 452. The summed E-state index contributed by atoms with van der Waals surface area (Å²) in [6.45, 7) is 0.0197. The van der Waals surface area contributed by atoms with Crippen LogP contribution in [0.1, 0.15) is 32.1 Å². The number of nitrogens with zero attached hydrogens (tertiary/aromatic N) is 2. The maximum absolute atomic E-state index is 11.9. The van der Waals surface area contributed by atoms with Crippen LogP contribution in [0, 0.1) is 35.0 Å². The molecular weight excluding hydrogens is 248 g/mol. The fourth-order valence-electron chi connectivity index (χ4n) is 4.88. The molecule has 0 aromatic rings. The first kappa shape index (κ1) is 12.4. The molecule has 5 heteroatoms. The van der Waals surface area contributed by atoms with Gasteiger partial charge in [0, 0.05) is 6.04 Å². The third-order valence-corrected chi connectivity index (χ3v) is 6.39. The predicted molar refractivity (Wildman–Crippen MR) is 68.0 cm³/mol. The Morgan fingerprint density at radius 1 is 1.11 bits per heavy atom. The third kappa shape index (κ3) is 1.96. The number of hydrogen-bond donors (Lipinski definition) is 0. The van der Waals surface area contributed by atoms with Crippen molar-refractivity contribution in [3.63, 3.8) is 0 Å². The van der Waals surface area contributed by atoms with Gasteiger partial charge in [-0.1, -0.05) is 0 Å². The molecule has 4 fully saturated rings. The normalized spacial score (nSPS) is 42.2.